The van der Waals surface area contributed by atoms with Gasteiger partial charge in [0.15, 0.2) is 0 Å². The number of hydrogen-bond donors (Lipinski definition) is 1. The minimum Gasteiger partial charge on any atom is -0.490 e. The van der Waals surface area contributed by atoms with Gasteiger partial charge in [0.2, 0.25) is 5.91 Å². The molecule has 4 rings (SSSR count). The van der Waals surface area contributed by atoms with Gasteiger partial charge in [0.25, 0.3) is 5.91 Å². The molecule has 1 saturated heterocycles. The Bertz CT molecular complexity index is 902. The maximum absolute atomic E-state index is 12.7. The normalized spacial score (nSPS) is 16.6. The molecule has 0 unspecified atom stereocenters. The first kappa shape index (κ1) is 22.1. The molecule has 2 fully saturated rings. The number of ether oxygens (including phenoxy) is 2. The number of likely N-dealkylation sites (N-methyl/N-ethyl adjacent to an activating group) is 1. The fraction of sp³-hybridized carbons (Fsp3) is 0.440. The lowest BCUT2D eigenvalue weighted by Gasteiger charge is -2.28. The topological polar surface area (TPSA) is 71.1 Å². The van der Waals surface area contributed by atoms with Crippen LogP contribution in [0.3, 0.4) is 0 Å². The van der Waals surface area contributed by atoms with Crippen molar-refractivity contribution < 1.29 is 19.1 Å². The van der Waals surface area contributed by atoms with Crippen molar-refractivity contribution in [1.29, 1.82) is 0 Å². The summed E-state index contributed by atoms with van der Waals surface area (Å²) in [5, 5.41) is 2.86. The Balaban J connectivity index is 1.26. The number of rotatable bonds is 7. The van der Waals surface area contributed by atoms with Crippen molar-refractivity contribution in [2.45, 2.75) is 31.8 Å². The molecule has 0 aromatic heterocycles. The van der Waals surface area contributed by atoms with E-state index in [0.717, 1.165) is 50.6 Å². The number of morpholine rings is 1. The molecule has 2 aliphatic rings. The first-order valence-corrected chi connectivity index (χ1v) is 11.3. The van der Waals surface area contributed by atoms with Crippen molar-refractivity contribution in [2.24, 2.45) is 0 Å². The van der Waals surface area contributed by atoms with Crippen LogP contribution in [0, 0.1) is 0 Å². The molecule has 32 heavy (non-hydrogen) atoms. The number of benzene rings is 2. The van der Waals surface area contributed by atoms with Gasteiger partial charge in [0.05, 0.1) is 25.9 Å². The molecule has 0 atom stereocenters. The third kappa shape index (κ3) is 5.79. The van der Waals surface area contributed by atoms with Gasteiger partial charge in [-0.05, 0) is 74.2 Å². The summed E-state index contributed by atoms with van der Waals surface area (Å²) < 4.78 is 11.3. The molecule has 2 aromatic carbocycles. The number of hydrogen-bond acceptors (Lipinski definition) is 5. The second kappa shape index (κ2) is 10.5. The highest BCUT2D eigenvalue weighted by Crippen LogP contribution is 2.24. The van der Waals surface area contributed by atoms with E-state index in [1.165, 1.54) is 17.7 Å². The zero-order valence-corrected chi connectivity index (χ0v) is 18.6. The summed E-state index contributed by atoms with van der Waals surface area (Å²) >= 11 is 0. The molecule has 0 spiro atoms. The zero-order chi connectivity index (χ0) is 22.3. The molecule has 0 bridgehead atoms. The average molecular weight is 438 g/mol. The Morgan fingerprint density at radius 1 is 1.03 bits per heavy atom. The summed E-state index contributed by atoms with van der Waals surface area (Å²) in [6, 6.07) is 14.9. The maximum atomic E-state index is 12.7. The lowest BCUT2D eigenvalue weighted by Crippen LogP contribution is -2.36. The largest absolute Gasteiger partial charge is 0.490 e. The first-order chi connectivity index (χ1) is 15.6. The quantitative estimate of drug-likeness (QED) is 0.717. The van der Waals surface area contributed by atoms with Crippen LogP contribution in [0.5, 0.6) is 5.75 Å². The Kier molecular flexibility index (Phi) is 7.27. The van der Waals surface area contributed by atoms with E-state index >= 15 is 0 Å². The lowest BCUT2D eigenvalue weighted by molar-refractivity contribution is -0.116. The highest BCUT2D eigenvalue weighted by Gasteiger charge is 2.18. The van der Waals surface area contributed by atoms with Crippen LogP contribution in [0.4, 0.5) is 11.4 Å². The van der Waals surface area contributed by atoms with Crippen LogP contribution in [0.25, 0.3) is 0 Å². The minimum atomic E-state index is -0.235. The van der Waals surface area contributed by atoms with E-state index in [2.05, 4.69) is 10.2 Å². The number of anilines is 2. The number of carbonyl (C=O) groups is 2. The summed E-state index contributed by atoms with van der Waals surface area (Å²) in [4.78, 5) is 28.8. The van der Waals surface area contributed by atoms with E-state index in [4.69, 9.17) is 9.47 Å². The molecular formula is C25H31N3O4. The monoisotopic (exact) mass is 437 g/mol. The summed E-state index contributed by atoms with van der Waals surface area (Å²) in [5.74, 6) is 0.353. The molecule has 1 aliphatic carbocycles. The van der Waals surface area contributed by atoms with Gasteiger partial charge in [0.1, 0.15) is 5.75 Å². The van der Waals surface area contributed by atoms with Crippen LogP contribution in [0.1, 0.15) is 36.0 Å². The van der Waals surface area contributed by atoms with Crippen LogP contribution in [-0.2, 0) is 9.53 Å². The van der Waals surface area contributed by atoms with E-state index in [-0.39, 0.29) is 24.5 Å². The van der Waals surface area contributed by atoms with Crippen molar-refractivity contribution in [3.63, 3.8) is 0 Å². The lowest BCUT2D eigenvalue weighted by atomic mass is 10.2. The summed E-state index contributed by atoms with van der Waals surface area (Å²) in [6.45, 7) is 3.17. The SMILES string of the molecule is CN(CC(=O)Nc1ccc(N2CCOCC2)cc1)C(=O)c1ccc(OC2CCCC2)cc1. The highest BCUT2D eigenvalue weighted by molar-refractivity contribution is 5.99. The minimum absolute atomic E-state index is 0.0234. The fourth-order valence-corrected chi connectivity index (χ4v) is 4.16. The highest BCUT2D eigenvalue weighted by atomic mass is 16.5. The number of amides is 2. The summed E-state index contributed by atoms with van der Waals surface area (Å²) in [6.07, 6.45) is 4.90. The van der Waals surface area contributed by atoms with Gasteiger partial charge in [-0.15, -0.1) is 0 Å². The van der Waals surface area contributed by atoms with Crippen molar-refractivity contribution in [2.75, 3.05) is 50.1 Å². The van der Waals surface area contributed by atoms with E-state index in [1.807, 2.05) is 36.4 Å². The van der Waals surface area contributed by atoms with Gasteiger partial charge < -0.3 is 24.6 Å². The molecule has 1 aliphatic heterocycles. The first-order valence-electron chi connectivity index (χ1n) is 11.3. The van der Waals surface area contributed by atoms with Gasteiger partial charge in [-0.25, -0.2) is 0 Å². The Morgan fingerprint density at radius 3 is 2.34 bits per heavy atom. The third-order valence-electron chi connectivity index (χ3n) is 5.96. The van der Waals surface area contributed by atoms with Gasteiger partial charge in [-0.3, -0.25) is 9.59 Å². The summed E-state index contributed by atoms with van der Waals surface area (Å²) in [7, 11) is 1.63. The third-order valence-corrected chi connectivity index (χ3v) is 5.96. The van der Waals surface area contributed by atoms with Crippen molar-refractivity contribution >= 4 is 23.2 Å². The number of carbonyl (C=O) groups excluding carboxylic acids is 2. The van der Waals surface area contributed by atoms with Crippen LogP contribution in [0.2, 0.25) is 0 Å². The van der Waals surface area contributed by atoms with Gasteiger partial charge in [-0.1, -0.05) is 0 Å². The molecule has 2 amide bonds. The second-order valence-electron chi connectivity index (χ2n) is 8.40. The fourth-order valence-electron chi connectivity index (χ4n) is 4.16. The number of nitrogens with one attached hydrogen (secondary N) is 1. The molecular weight excluding hydrogens is 406 g/mol. The predicted molar refractivity (Wildman–Crippen MR) is 124 cm³/mol. The maximum Gasteiger partial charge on any atom is 0.254 e. The van der Waals surface area contributed by atoms with Gasteiger partial charge in [0, 0.05) is 37.1 Å². The zero-order valence-electron chi connectivity index (χ0n) is 18.6. The number of nitrogens with zero attached hydrogens (tertiary/aromatic N) is 2. The van der Waals surface area contributed by atoms with E-state index in [0.29, 0.717) is 11.3 Å². The molecule has 1 saturated carbocycles. The smallest absolute Gasteiger partial charge is 0.254 e. The molecule has 0 radical (unpaired) electrons. The summed E-state index contributed by atoms with van der Waals surface area (Å²) in [5.41, 5.74) is 2.36. The van der Waals surface area contributed by atoms with Crippen molar-refractivity contribution in [1.82, 2.24) is 4.90 Å². The molecule has 170 valence electrons. The van der Waals surface area contributed by atoms with Crippen molar-refractivity contribution in [3.8, 4) is 5.75 Å². The standard InChI is InChI=1S/C25H31N3O4/c1-27(25(30)19-6-12-23(13-7-19)32-22-4-2-3-5-22)18-24(29)26-20-8-10-21(11-9-20)28-14-16-31-17-15-28/h6-13,22H,2-5,14-18H2,1H3,(H,26,29). The van der Waals surface area contributed by atoms with Gasteiger partial charge in [-0.2, -0.15) is 0 Å². The van der Waals surface area contributed by atoms with E-state index in [9.17, 15) is 9.59 Å². The molecule has 7 nitrogen and oxygen atoms in total. The predicted octanol–water partition coefficient (Wildman–Crippen LogP) is 3.56. The molecule has 1 heterocycles. The van der Waals surface area contributed by atoms with E-state index in [1.54, 1.807) is 19.2 Å². The molecule has 1 N–H and O–H groups in total. The Labute approximate surface area is 189 Å². The van der Waals surface area contributed by atoms with Crippen molar-refractivity contribution in [3.05, 3.63) is 54.1 Å². The average Bonchev–Trinajstić information content (AvgIpc) is 3.33. The van der Waals surface area contributed by atoms with Crippen LogP contribution in [0.15, 0.2) is 48.5 Å². The van der Waals surface area contributed by atoms with Crippen LogP contribution < -0.4 is 15.0 Å². The molecule has 7 heteroatoms. The Morgan fingerprint density at radius 2 is 1.69 bits per heavy atom. The molecule has 2 aromatic rings. The van der Waals surface area contributed by atoms with E-state index < -0.39 is 0 Å². The Hall–Kier alpha value is -3.06. The second-order valence-corrected chi connectivity index (χ2v) is 8.40. The van der Waals surface area contributed by atoms with Crippen LogP contribution in [-0.4, -0.2) is 62.7 Å². The van der Waals surface area contributed by atoms with Crippen LogP contribution >= 0.6 is 0 Å². The van der Waals surface area contributed by atoms with Gasteiger partial charge >= 0.3 is 0 Å².